The number of pyridine rings is 1. The first-order chi connectivity index (χ1) is 17.4. The van der Waals surface area contributed by atoms with Crippen LogP contribution in [0.5, 0.6) is 0 Å². The molecule has 36 heavy (non-hydrogen) atoms. The Bertz CT molecular complexity index is 1400. The number of carbonyl (C=O) groups is 2. The zero-order valence-electron chi connectivity index (χ0n) is 20.4. The smallest absolute Gasteiger partial charge is 0.260 e. The summed E-state index contributed by atoms with van der Waals surface area (Å²) in [5.74, 6) is -0.427. The first-order valence-corrected chi connectivity index (χ1v) is 12.5. The maximum atomic E-state index is 13.1. The van der Waals surface area contributed by atoms with Crippen molar-refractivity contribution in [2.24, 2.45) is 7.05 Å². The quantitative estimate of drug-likeness (QED) is 0.394. The van der Waals surface area contributed by atoms with Crippen LogP contribution in [0.1, 0.15) is 28.9 Å². The number of ether oxygens (including phenoxy) is 1. The topological polar surface area (TPSA) is 119 Å². The Morgan fingerprint density at radius 2 is 1.97 bits per heavy atom. The highest BCUT2D eigenvalue weighted by Crippen LogP contribution is 2.30. The Kier molecular flexibility index (Phi) is 6.81. The van der Waals surface area contributed by atoms with Gasteiger partial charge in [0.25, 0.3) is 5.91 Å². The third-order valence-corrected chi connectivity index (χ3v) is 7.42. The number of aromatic nitrogens is 5. The van der Waals surface area contributed by atoms with Gasteiger partial charge in [-0.3, -0.25) is 24.2 Å². The molecular formula is C24H28N8O3S. The van der Waals surface area contributed by atoms with Crippen LogP contribution in [0.15, 0.2) is 37.1 Å². The average Bonchev–Trinajstić information content (AvgIpc) is 3.57. The number of amides is 2. The van der Waals surface area contributed by atoms with Gasteiger partial charge in [-0.05, 0) is 32.9 Å². The summed E-state index contributed by atoms with van der Waals surface area (Å²) in [5.41, 5.74) is 3.12. The van der Waals surface area contributed by atoms with Gasteiger partial charge in [-0.25, -0.2) is 4.52 Å². The van der Waals surface area contributed by atoms with Gasteiger partial charge in [0.1, 0.15) is 4.83 Å². The van der Waals surface area contributed by atoms with Crippen molar-refractivity contribution in [2.75, 3.05) is 37.4 Å². The summed E-state index contributed by atoms with van der Waals surface area (Å²) in [6.07, 6.45) is 10.6. The van der Waals surface area contributed by atoms with Crippen LogP contribution in [0.3, 0.4) is 0 Å². The molecule has 1 aliphatic heterocycles. The van der Waals surface area contributed by atoms with E-state index in [0.29, 0.717) is 28.7 Å². The molecule has 4 aromatic rings. The van der Waals surface area contributed by atoms with Gasteiger partial charge in [0.05, 0.1) is 52.6 Å². The molecule has 12 heteroatoms. The third kappa shape index (κ3) is 5.15. The number of hydrogen-bond acceptors (Lipinski definition) is 8. The Balaban J connectivity index is 1.27. The molecule has 4 aromatic heterocycles. The van der Waals surface area contributed by atoms with Crippen LogP contribution in [0.2, 0.25) is 0 Å². The molecule has 2 N–H and O–H groups in total. The lowest BCUT2D eigenvalue weighted by molar-refractivity contribution is -0.118. The van der Waals surface area contributed by atoms with Crippen LogP contribution < -0.4 is 10.6 Å². The minimum Gasteiger partial charge on any atom is -0.381 e. The maximum absolute atomic E-state index is 13.1. The van der Waals surface area contributed by atoms with E-state index in [1.165, 1.54) is 11.3 Å². The zero-order valence-corrected chi connectivity index (χ0v) is 21.2. The summed E-state index contributed by atoms with van der Waals surface area (Å²) < 4.78 is 8.83. The molecule has 5 heterocycles. The van der Waals surface area contributed by atoms with Crippen molar-refractivity contribution >= 4 is 39.4 Å². The Morgan fingerprint density at radius 1 is 1.17 bits per heavy atom. The second kappa shape index (κ2) is 10.2. The summed E-state index contributed by atoms with van der Waals surface area (Å²) in [6.45, 7) is 3.52. The van der Waals surface area contributed by atoms with E-state index in [2.05, 4.69) is 25.8 Å². The predicted molar refractivity (Wildman–Crippen MR) is 137 cm³/mol. The molecule has 0 atom stereocenters. The van der Waals surface area contributed by atoms with Crippen LogP contribution in [-0.4, -0.2) is 73.9 Å². The van der Waals surface area contributed by atoms with Crippen LogP contribution in [-0.2, 0) is 16.6 Å². The highest BCUT2D eigenvalue weighted by Gasteiger charge is 2.21. The van der Waals surface area contributed by atoms with Crippen LogP contribution in [0.25, 0.3) is 15.3 Å². The predicted octanol–water partition coefficient (Wildman–Crippen LogP) is 2.80. The van der Waals surface area contributed by atoms with Crippen molar-refractivity contribution in [1.29, 1.82) is 0 Å². The molecule has 0 radical (unpaired) electrons. The molecule has 1 aliphatic rings. The van der Waals surface area contributed by atoms with E-state index in [1.807, 2.05) is 31.4 Å². The van der Waals surface area contributed by atoms with Gasteiger partial charge in [-0.2, -0.15) is 10.2 Å². The summed E-state index contributed by atoms with van der Waals surface area (Å²) in [6, 6.07) is 2.06. The lowest BCUT2D eigenvalue weighted by Gasteiger charge is -2.30. The number of nitrogens with one attached hydrogen (secondary N) is 2. The number of hydrogen-bond donors (Lipinski definition) is 2. The van der Waals surface area contributed by atoms with Gasteiger partial charge in [0, 0.05) is 44.3 Å². The lowest BCUT2D eigenvalue weighted by Crippen LogP contribution is -2.41. The maximum Gasteiger partial charge on any atom is 0.260 e. The summed E-state index contributed by atoms with van der Waals surface area (Å²) in [7, 11) is 3.81. The fourth-order valence-electron chi connectivity index (χ4n) is 4.22. The first kappa shape index (κ1) is 24.1. The summed E-state index contributed by atoms with van der Waals surface area (Å²) in [4.78, 5) is 33.9. The minimum absolute atomic E-state index is 0.133. The Morgan fingerprint density at radius 3 is 2.72 bits per heavy atom. The Labute approximate surface area is 212 Å². The molecule has 5 rings (SSSR count). The van der Waals surface area contributed by atoms with Gasteiger partial charge < -0.3 is 15.4 Å². The second-order valence-corrected chi connectivity index (χ2v) is 9.95. The Hall–Kier alpha value is -3.61. The number of nitrogens with zero attached hydrogens (tertiary/aromatic N) is 6. The van der Waals surface area contributed by atoms with Crippen molar-refractivity contribution in [3.05, 3.63) is 48.3 Å². The number of aryl methyl sites for hydroxylation is 2. The number of fused-ring (bicyclic) bond motifs is 1. The van der Waals surface area contributed by atoms with Gasteiger partial charge in [-0.1, -0.05) is 0 Å². The third-order valence-electron chi connectivity index (χ3n) is 6.26. The SMILES string of the molecule is Cc1ncc(NC(=O)CN(C)C2CCOCC2)cc1NC(=O)c1cnn2cc(-c3cnn(C)c3)sc12. The van der Waals surface area contributed by atoms with E-state index in [9.17, 15) is 9.59 Å². The van der Waals surface area contributed by atoms with Crippen LogP contribution in [0, 0.1) is 6.92 Å². The standard InChI is InChI=1S/C24H28N8O3S/c1-15-20(8-17(10-25-15)28-22(33)14-30(2)18-4-6-35-7-5-18)29-23(34)19-11-27-32-13-21(36-24(19)32)16-9-26-31(3)12-16/h8-13,18H,4-7,14H2,1-3H3,(H,28,33)(H,29,34). The molecule has 1 fully saturated rings. The molecule has 0 saturated carbocycles. The van der Waals surface area contributed by atoms with E-state index in [4.69, 9.17) is 4.74 Å². The average molecular weight is 509 g/mol. The van der Waals surface area contributed by atoms with Crippen molar-refractivity contribution in [3.8, 4) is 10.4 Å². The molecule has 2 amide bonds. The summed E-state index contributed by atoms with van der Waals surface area (Å²) in [5, 5.41) is 14.4. The molecular weight excluding hydrogens is 480 g/mol. The molecule has 0 aromatic carbocycles. The molecule has 0 spiro atoms. The first-order valence-electron chi connectivity index (χ1n) is 11.7. The van der Waals surface area contributed by atoms with Crippen molar-refractivity contribution in [1.82, 2.24) is 29.3 Å². The van der Waals surface area contributed by atoms with E-state index in [1.54, 1.807) is 40.8 Å². The monoisotopic (exact) mass is 508 g/mol. The minimum atomic E-state index is -0.294. The van der Waals surface area contributed by atoms with E-state index in [0.717, 1.165) is 41.3 Å². The fraction of sp³-hybridized carbons (Fsp3) is 0.375. The molecule has 0 bridgehead atoms. The number of thiazole rings is 1. The molecule has 0 aliphatic carbocycles. The van der Waals surface area contributed by atoms with Crippen LogP contribution in [0.4, 0.5) is 11.4 Å². The van der Waals surface area contributed by atoms with E-state index < -0.39 is 0 Å². The van der Waals surface area contributed by atoms with Gasteiger partial charge in [0.15, 0.2) is 0 Å². The fourth-order valence-corrected chi connectivity index (χ4v) is 5.26. The van der Waals surface area contributed by atoms with Crippen LogP contribution >= 0.6 is 11.3 Å². The molecule has 1 saturated heterocycles. The van der Waals surface area contributed by atoms with Crippen molar-refractivity contribution < 1.29 is 14.3 Å². The van der Waals surface area contributed by atoms with E-state index in [-0.39, 0.29) is 18.4 Å². The number of anilines is 2. The molecule has 0 unspecified atom stereocenters. The zero-order chi connectivity index (χ0) is 25.2. The summed E-state index contributed by atoms with van der Waals surface area (Å²) >= 11 is 1.47. The van der Waals surface area contributed by atoms with Gasteiger partial charge >= 0.3 is 0 Å². The van der Waals surface area contributed by atoms with E-state index >= 15 is 0 Å². The van der Waals surface area contributed by atoms with Crippen molar-refractivity contribution in [2.45, 2.75) is 25.8 Å². The number of rotatable bonds is 7. The van der Waals surface area contributed by atoms with Gasteiger partial charge in [0.2, 0.25) is 5.91 Å². The number of likely N-dealkylation sites (N-methyl/N-ethyl adjacent to an activating group) is 1. The molecule has 11 nitrogen and oxygen atoms in total. The highest BCUT2D eigenvalue weighted by atomic mass is 32.1. The normalized spacial score (nSPS) is 14.4. The highest BCUT2D eigenvalue weighted by molar-refractivity contribution is 7.21. The van der Waals surface area contributed by atoms with Crippen molar-refractivity contribution in [3.63, 3.8) is 0 Å². The lowest BCUT2D eigenvalue weighted by atomic mass is 10.1. The number of carbonyl (C=O) groups excluding carboxylic acids is 2. The molecule has 188 valence electrons. The second-order valence-electron chi connectivity index (χ2n) is 8.92. The largest absolute Gasteiger partial charge is 0.381 e. The van der Waals surface area contributed by atoms with Gasteiger partial charge in [-0.15, -0.1) is 11.3 Å².